The maximum atomic E-state index is 12.5. The molecule has 288 valence electrons. The van der Waals surface area contributed by atoms with Gasteiger partial charge in [0.05, 0.1) is 19.8 Å². The average molecular weight is 719 g/mol. The number of aliphatic hydroxyl groups is 2. The summed E-state index contributed by atoms with van der Waals surface area (Å²) in [6.45, 7) is 2.31. The fourth-order valence-corrected chi connectivity index (χ4v) is 5.83. The number of hydrogen-bond donors (Lipinski definition) is 3. The molecule has 0 amide bonds. The molecule has 0 rings (SSSR count). The zero-order chi connectivity index (χ0) is 36.3. The van der Waals surface area contributed by atoms with Crippen LogP contribution in [0, 0.1) is 0 Å². The number of aliphatic hydroxyl groups excluding tert-OH is 2. The van der Waals surface area contributed by atoms with Gasteiger partial charge in [0.1, 0.15) is 12.7 Å². The molecular formula is C38H71O10P. The Hall–Kier alpha value is -1.55. The summed E-state index contributed by atoms with van der Waals surface area (Å²) in [5.41, 5.74) is 0. The van der Waals surface area contributed by atoms with Crippen LogP contribution in [0.5, 0.6) is 0 Å². The Morgan fingerprint density at radius 3 is 1.51 bits per heavy atom. The number of carbonyl (C=O) groups is 2. The van der Waals surface area contributed by atoms with Crippen molar-refractivity contribution in [2.24, 2.45) is 0 Å². The Morgan fingerprint density at radius 1 is 0.592 bits per heavy atom. The molecule has 0 aromatic carbocycles. The molecule has 49 heavy (non-hydrogen) atoms. The molecule has 1 unspecified atom stereocenters. The van der Waals surface area contributed by atoms with Gasteiger partial charge in [0.2, 0.25) is 0 Å². The summed E-state index contributed by atoms with van der Waals surface area (Å²) in [6, 6.07) is 0. The smallest absolute Gasteiger partial charge is 0.462 e. The van der Waals surface area contributed by atoms with Gasteiger partial charge in [-0.1, -0.05) is 115 Å². The Bertz CT molecular complexity index is 879. The lowest BCUT2D eigenvalue weighted by Gasteiger charge is -2.20. The van der Waals surface area contributed by atoms with Gasteiger partial charge in [0.25, 0.3) is 0 Å². The van der Waals surface area contributed by atoms with Gasteiger partial charge in [-0.2, -0.15) is 0 Å². The zero-order valence-electron chi connectivity index (χ0n) is 30.9. The van der Waals surface area contributed by atoms with E-state index in [1.807, 2.05) is 0 Å². The van der Waals surface area contributed by atoms with Crippen LogP contribution in [0.25, 0.3) is 0 Å². The molecule has 3 atom stereocenters. The Balaban J connectivity index is 4.39. The molecule has 0 aliphatic heterocycles. The fourth-order valence-electron chi connectivity index (χ4n) is 5.04. The molecule has 10 nitrogen and oxygen atoms in total. The summed E-state index contributed by atoms with van der Waals surface area (Å²) >= 11 is 0. The number of rotatable bonds is 36. The summed E-state index contributed by atoms with van der Waals surface area (Å²) in [6.07, 6.45) is 31.4. The highest BCUT2D eigenvalue weighted by Gasteiger charge is 2.27. The first-order valence-corrected chi connectivity index (χ1v) is 20.8. The molecule has 0 spiro atoms. The molecule has 0 radical (unpaired) electrons. The van der Waals surface area contributed by atoms with Crippen molar-refractivity contribution in [3.63, 3.8) is 0 Å². The maximum absolute atomic E-state index is 12.5. The van der Waals surface area contributed by atoms with Crippen molar-refractivity contribution in [3.8, 4) is 0 Å². The van der Waals surface area contributed by atoms with Crippen LogP contribution in [0.1, 0.15) is 168 Å². The number of phosphoric ester groups is 1. The van der Waals surface area contributed by atoms with E-state index in [4.69, 9.17) is 19.1 Å². The van der Waals surface area contributed by atoms with E-state index >= 15 is 0 Å². The van der Waals surface area contributed by atoms with E-state index in [0.29, 0.717) is 12.8 Å². The van der Waals surface area contributed by atoms with Gasteiger partial charge >= 0.3 is 19.8 Å². The van der Waals surface area contributed by atoms with Crippen LogP contribution >= 0.6 is 7.82 Å². The summed E-state index contributed by atoms with van der Waals surface area (Å²) in [5, 5.41) is 18.3. The number of carbonyl (C=O) groups excluding carboxylic acids is 2. The third-order valence-electron chi connectivity index (χ3n) is 8.08. The van der Waals surface area contributed by atoms with Gasteiger partial charge in [-0.15, -0.1) is 0 Å². The second-order valence-corrected chi connectivity index (χ2v) is 14.4. The first kappa shape index (κ1) is 47.4. The van der Waals surface area contributed by atoms with Crippen molar-refractivity contribution in [2.75, 3.05) is 26.4 Å². The van der Waals surface area contributed by atoms with E-state index in [0.717, 1.165) is 77.0 Å². The third-order valence-corrected chi connectivity index (χ3v) is 9.03. The second-order valence-electron chi connectivity index (χ2n) is 12.9. The standard InChI is InChI=1S/C38H71O10P/c1-3-5-7-9-11-13-15-17-18-20-22-24-26-28-30-38(42)48-36(34-47-49(43,44)46-32-35(40)31-39)33-45-37(41)29-27-25-23-21-19-16-14-12-10-8-6-4-2/h12,14-15,17,35-36,39-40H,3-11,13,16,18-34H2,1-2H3,(H,43,44)/b14-12-,17-15-/t35-,36+/m0/s1. The molecule has 11 heteroatoms. The van der Waals surface area contributed by atoms with E-state index in [9.17, 15) is 24.2 Å². The Kier molecular flexibility index (Phi) is 33.8. The summed E-state index contributed by atoms with van der Waals surface area (Å²) in [4.78, 5) is 34.8. The minimum atomic E-state index is -4.61. The molecule has 0 fully saturated rings. The zero-order valence-corrected chi connectivity index (χ0v) is 31.8. The van der Waals surface area contributed by atoms with Crippen LogP contribution in [0.2, 0.25) is 0 Å². The number of allylic oxidation sites excluding steroid dienone is 4. The minimum absolute atomic E-state index is 0.174. The van der Waals surface area contributed by atoms with Crippen molar-refractivity contribution >= 4 is 19.8 Å². The summed E-state index contributed by atoms with van der Waals surface area (Å²) in [5.74, 6) is -0.945. The van der Waals surface area contributed by atoms with Crippen molar-refractivity contribution < 1.29 is 47.8 Å². The lowest BCUT2D eigenvalue weighted by molar-refractivity contribution is -0.161. The van der Waals surface area contributed by atoms with E-state index in [1.54, 1.807) is 0 Å². The maximum Gasteiger partial charge on any atom is 0.472 e. The number of ether oxygens (including phenoxy) is 2. The van der Waals surface area contributed by atoms with Crippen LogP contribution in [0.3, 0.4) is 0 Å². The summed E-state index contributed by atoms with van der Waals surface area (Å²) < 4.78 is 32.6. The van der Waals surface area contributed by atoms with Gasteiger partial charge in [0, 0.05) is 12.8 Å². The molecule has 0 aliphatic carbocycles. The number of unbranched alkanes of at least 4 members (excludes halogenated alkanes) is 18. The number of esters is 2. The first-order chi connectivity index (χ1) is 23.7. The van der Waals surface area contributed by atoms with Gasteiger partial charge in [0.15, 0.2) is 6.10 Å². The normalized spacial score (nSPS) is 14.3. The van der Waals surface area contributed by atoms with E-state index in [-0.39, 0.29) is 19.4 Å². The molecule has 0 bridgehead atoms. The predicted octanol–water partition coefficient (Wildman–Crippen LogP) is 9.44. The highest BCUT2D eigenvalue weighted by molar-refractivity contribution is 7.47. The fraction of sp³-hybridized carbons (Fsp3) is 0.842. The number of hydrogen-bond acceptors (Lipinski definition) is 9. The van der Waals surface area contributed by atoms with Crippen molar-refractivity contribution in [1.82, 2.24) is 0 Å². The van der Waals surface area contributed by atoms with Crippen molar-refractivity contribution in [2.45, 2.75) is 180 Å². The van der Waals surface area contributed by atoms with E-state index in [1.165, 1.54) is 51.4 Å². The topological polar surface area (TPSA) is 149 Å². The highest BCUT2D eigenvalue weighted by atomic mass is 31.2. The lowest BCUT2D eigenvalue weighted by atomic mass is 10.1. The Labute approximate surface area is 298 Å². The molecule has 0 aliphatic rings. The molecule has 0 heterocycles. The molecule has 0 aromatic heterocycles. The lowest BCUT2D eigenvalue weighted by Crippen LogP contribution is -2.29. The van der Waals surface area contributed by atoms with Crippen LogP contribution in [0.4, 0.5) is 0 Å². The van der Waals surface area contributed by atoms with Gasteiger partial charge in [-0.05, 0) is 64.2 Å². The van der Waals surface area contributed by atoms with Gasteiger partial charge < -0.3 is 24.6 Å². The van der Waals surface area contributed by atoms with Crippen LogP contribution in [-0.4, -0.2) is 65.7 Å². The summed E-state index contributed by atoms with van der Waals surface area (Å²) in [7, 11) is -4.61. The molecule has 0 aromatic rings. The largest absolute Gasteiger partial charge is 0.472 e. The van der Waals surface area contributed by atoms with Crippen LogP contribution < -0.4 is 0 Å². The molecule has 0 saturated carbocycles. The SMILES string of the molecule is CCCCC/C=C\CCCCCCCC(=O)OC[C@H](COP(=O)(O)OC[C@@H](O)CO)OC(=O)CCCCCCC/C=C\CCCCCCC. The van der Waals surface area contributed by atoms with Gasteiger partial charge in [-0.3, -0.25) is 18.6 Å². The molecular weight excluding hydrogens is 647 g/mol. The van der Waals surface area contributed by atoms with Gasteiger partial charge in [-0.25, -0.2) is 4.57 Å². The monoisotopic (exact) mass is 718 g/mol. The van der Waals surface area contributed by atoms with E-state index in [2.05, 4.69) is 42.7 Å². The third kappa shape index (κ3) is 34.7. The highest BCUT2D eigenvalue weighted by Crippen LogP contribution is 2.43. The van der Waals surface area contributed by atoms with Crippen LogP contribution in [-0.2, 0) is 32.7 Å². The second kappa shape index (κ2) is 34.9. The van der Waals surface area contributed by atoms with Crippen molar-refractivity contribution in [3.05, 3.63) is 24.3 Å². The predicted molar refractivity (Wildman–Crippen MR) is 196 cm³/mol. The number of phosphoric acid groups is 1. The van der Waals surface area contributed by atoms with E-state index < -0.39 is 51.8 Å². The first-order valence-electron chi connectivity index (χ1n) is 19.3. The average Bonchev–Trinajstić information content (AvgIpc) is 3.09. The molecule has 3 N–H and O–H groups in total. The quantitative estimate of drug-likeness (QED) is 0.0248. The van der Waals surface area contributed by atoms with Crippen molar-refractivity contribution in [1.29, 1.82) is 0 Å². The van der Waals surface area contributed by atoms with Crippen LogP contribution in [0.15, 0.2) is 24.3 Å². The minimum Gasteiger partial charge on any atom is -0.462 e. The Morgan fingerprint density at radius 2 is 1.00 bits per heavy atom. The molecule has 0 saturated heterocycles.